The number of benzene rings is 1. The molecule has 2 aromatic heterocycles. The maximum atomic E-state index is 12.5. The summed E-state index contributed by atoms with van der Waals surface area (Å²) in [5, 5.41) is 7.19. The topological polar surface area (TPSA) is 58.4 Å². The summed E-state index contributed by atoms with van der Waals surface area (Å²) in [6, 6.07) is 9.93. The number of piperidine rings is 1. The number of rotatable bonds is 3. The van der Waals surface area contributed by atoms with Crippen LogP contribution in [0.5, 0.6) is 0 Å². The van der Waals surface area contributed by atoms with Gasteiger partial charge in [-0.2, -0.15) is 11.3 Å². The quantitative estimate of drug-likeness (QED) is 0.750. The van der Waals surface area contributed by atoms with Gasteiger partial charge in [-0.3, -0.25) is 0 Å². The van der Waals surface area contributed by atoms with Gasteiger partial charge in [0.15, 0.2) is 11.5 Å². The Morgan fingerprint density at radius 3 is 2.84 bits per heavy atom. The largest absolute Gasteiger partial charge is 0.440 e. The molecule has 3 aromatic rings. The van der Waals surface area contributed by atoms with Crippen molar-refractivity contribution in [2.75, 3.05) is 13.1 Å². The van der Waals surface area contributed by atoms with Gasteiger partial charge in [-0.25, -0.2) is 9.78 Å². The number of hydrogen-bond donors (Lipinski definition) is 1. The number of fused-ring (bicyclic) bond motifs is 1. The monoisotopic (exact) mass is 355 g/mol. The third-order valence-corrected chi connectivity index (χ3v) is 5.53. The van der Waals surface area contributed by atoms with Crippen molar-refractivity contribution in [1.82, 2.24) is 15.2 Å². The van der Waals surface area contributed by atoms with E-state index in [4.69, 9.17) is 4.42 Å². The van der Waals surface area contributed by atoms with E-state index < -0.39 is 0 Å². The van der Waals surface area contributed by atoms with Gasteiger partial charge in [-0.05, 0) is 54.3 Å². The number of aromatic nitrogens is 1. The summed E-state index contributed by atoms with van der Waals surface area (Å²) in [7, 11) is 0. The number of likely N-dealkylation sites (tertiary alicyclic amines) is 1. The van der Waals surface area contributed by atoms with E-state index in [2.05, 4.69) is 21.7 Å². The van der Waals surface area contributed by atoms with Crippen LogP contribution in [-0.4, -0.2) is 29.0 Å². The highest BCUT2D eigenvalue weighted by Crippen LogP contribution is 2.30. The van der Waals surface area contributed by atoms with Gasteiger partial charge in [0.2, 0.25) is 0 Å². The molecule has 3 heterocycles. The molecule has 1 saturated heterocycles. The summed E-state index contributed by atoms with van der Waals surface area (Å²) in [5.41, 5.74) is 2.89. The molecule has 130 valence electrons. The maximum Gasteiger partial charge on any atom is 0.317 e. The van der Waals surface area contributed by atoms with Gasteiger partial charge < -0.3 is 14.6 Å². The molecule has 0 bridgehead atoms. The van der Waals surface area contributed by atoms with Crippen molar-refractivity contribution in [3.8, 4) is 0 Å². The molecule has 6 heteroatoms. The number of urea groups is 1. The van der Waals surface area contributed by atoms with Crippen molar-refractivity contribution in [2.45, 2.75) is 31.7 Å². The first kappa shape index (κ1) is 16.1. The maximum absolute atomic E-state index is 12.5. The zero-order valence-electron chi connectivity index (χ0n) is 14.1. The molecule has 1 unspecified atom stereocenters. The Hall–Kier alpha value is -2.34. The fraction of sp³-hybridized carbons (Fsp3) is 0.368. The molecule has 0 saturated carbocycles. The summed E-state index contributed by atoms with van der Waals surface area (Å²) in [5.74, 6) is 1.08. The van der Waals surface area contributed by atoms with Crippen molar-refractivity contribution in [2.24, 2.45) is 0 Å². The Labute approximate surface area is 150 Å². The summed E-state index contributed by atoms with van der Waals surface area (Å²) < 4.78 is 5.89. The van der Waals surface area contributed by atoms with Crippen LogP contribution in [0.2, 0.25) is 0 Å². The second-order valence-corrected chi connectivity index (χ2v) is 7.29. The lowest BCUT2D eigenvalue weighted by Crippen LogP contribution is -2.44. The van der Waals surface area contributed by atoms with Crippen LogP contribution in [0, 0.1) is 0 Å². The number of carbonyl (C=O) groups excluding carboxylic acids is 1. The van der Waals surface area contributed by atoms with E-state index in [9.17, 15) is 4.79 Å². The smallest absolute Gasteiger partial charge is 0.317 e. The number of amides is 2. The van der Waals surface area contributed by atoms with Crippen LogP contribution in [0.15, 0.2) is 45.5 Å². The molecule has 0 spiro atoms. The molecule has 25 heavy (non-hydrogen) atoms. The molecule has 1 aliphatic heterocycles. The highest BCUT2D eigenvalue weighted by Gasteiger charge is 2.27. The zero-order valence-corrected chi connectivity index (χ0v) is 15.0. The number of carbonyl (C=O) groups is 1. The number of oxazole rings is 1. The first-order valence-electron chi connectivity index (χ1n) is 8.63. The number of para-hydroxylation sites is 2. The molecule has 1 aromatic carbocycles. The van der Waals surface area contributed by atoms with Crippen molar-refractivity contribution >= 4 is 28.5 Å². The first-order valence-corrected chi connectivity index (χ1v) is 9.58. The minimum absolute atomic E-state index is 0.00900. The Morgan fingerprint density at radius 1 is 1.32 bits per heavy atom. The molecule has 4 rings (SSSR count). The third kappa shape index (κ3) is 3.39. The first-order chi connectivity index (χ1) is 12.2. The average Bonchev–Trinajstić information content (AvgIpc) is 3.31. The van der Waals surface area contributed by atoms with Crippen LogP contribution in [0.4, 0.5) is 4.79 Å². The van der Waals surface area contributed by atoms with Gasteiger partial charge >= 0.3 is 6.03 Å². The number of nitrogens with one attached hydrogen (secondary N) is 1. The van der Waals surface area contributed by atoms with Crippen molar-refractivity contribution in [3.63, 3.8) is 0 Å². The van der Waals surface area contributed by atoms with Crippen LogP contribution in [0.1, 0.15) is 43.2 Å². The highest BCUT2D eigenvalue weighted by atomic mass is 32.1. The minimum Gasteiger partial charge on any atom is -0.440 e. The lowest BCUT2D eigenvalue weighted by Gasteiger charge is -2.31. The summed E-state index contributed by atoms with van der Waals surface area (Å²) in [6.45, 7) is 3.47. The number of nitrogens with zero attached hydrogens (tertiary/aromatic N) is 2. The molecule has 0 aliphatic carbocycles. The molecule has 1 N–H and O–H groups in total. The average molecular weight is 355 g/mol. The lowest BCUT2D eigenvalue weighted by atomic mass is 9.97. The van der Waals surface area contributed by atoms with Gasteiger partial charge in [0, 0.05) is 19.0 Å². The van der Waals surface area contributed by atoms with Crippen LogP contribution in [-0.2, 0) is 0 Å². The van der Waals surface area contributed by atoms with E-state index in [-0.39, 0.29) is 18.0 Å². The van der Waals surface area contributed by atoms with Gasteiger partial charge in [-0.1, -0.05) is 12.1 Å². The van der Waals surface area contributed by atoms with Crippen molar-refractivity contribution < 1.29 is 9.21 Å². The van der Waals surface area contributed by atoms with Gasteiger partial charge in [-0.15, -0.1) is 0 Å². The predicted molar refractivity (Wildman–Crippen MR) is 98.8 cm³/mol. The Balaban J connectivity index is 1.35. The van der Waals surface area contributed by atoms with Crippen LogP contribution in [0.3, 0.4) is 0 Å². The van der Waals surface area contributed by atoms with Crippen molar-refractivity contribution in [3.05, 3.63) is 52.5 Å². The predicted octanol–water partition coefficient (Wildman–Crippen LogP) is 4.54. The summed E-state index contributed by atoms with van der Waals surface area (Å²) >= 11 is 1.65. The molecule has 2 amide bonds. The van der Waals surface area contributed by atoms with Gasteiger partial charge in [0.05, 0.1) is 6.04 Å². The molecule has 1 fully saturated rings. The third-order valence-electron chi connectivity index (χ3n) is 4.83. The molecule has 1 atom stereocenters. The van der Waals surface area contributed by atoms with E-state index in [1.165, 1.54) is 0 Å². The fourth-order valence-electron chi connectivity index (χ4n) is 3.28. The van der Waals surface area contributed by atoms with E-state index >= 15 is 0 Å². The lowest BCUT2D eigenvalue weighted by molar-refractivity contribution is 0.174. The molecular formula is C19H21N3O2S. The van der Waals surface area contributed by atoms with Crippen LogP contribution >= 0.6 is 11.3 Å². The van der Waals surface area contributed by atoms with Crippen LogP contribution < -0.4 is 5.32 Å². The normalized spacial score (nSPS) is 16.9. The van der Waals surface area contributed by atoms with Crippen LogP contribution in [0.25, 0.3) is 11.1 Å². The number of thiophene rings is 1. The molecule has 1 aliphatic rings. The van der Waals surface area contributed by atoms with Crippen molar-refractivity contribution in [1.29, 1.82) is 0 Å². The second kappa shape index (κ2) is 6.88. The standard InChI is InChI=1S/C19H21N3O2S/c1-13(15-8-11-25-12-15)20-19(23)22-9-6-14(7-10-22)18-21-16-4-2-3-5-17(16)24-18/h2-5,8,11-14H,6-7,9-10H2,1H3,(H,20,23). The SMILES string of the molecule is CC(NC(=O)N1CCC(c2nc3ccccc3o2)CC1)c1ccsc1. The Bertz CT molecular complexity index is 818. The summed E-state index contributed by atoms with van der Waals surface area (Å²) in [4.78, 5) is 19.0. The fourth-order valence-corrected chi connectivity index (χ4v) is 4.03. The second-order valence-electron chi connectivity index (χ2n) is 6.51. The van der Waals surface area contributed by atoms with E-state index in [1.807, 2.05) is 41.5 Å². The number of hydrogen-bond acceptors (Lipinski definition) is 4. The van der Waals surface area contributed by atoms with Gasteiger partial charge in [0.1, 0.15) is 5.52 Å². The summed E-state index contributed by atoms with van der Waals surface area (Å²) in [6.07, 6.45) is 1.76. The van der Waals surface area contributed by atoms with E-state index in [0.717, 1.165) is 48.5 Å². The molecule has 5 nitrogen and oxygen atoms in total. The highest BCUT2D eigenvalue weighted by molar-refractivity contribution is 7.07. The van der Waals surface area contributed by atoms with E-state index in [0.29, 0.717) is 0 Å². The molecular weight excluding hydrogens is 334 g/mol. The van der Waals surface area contributed by atoms with Gasteiger partial charge in [0.25, 0.3) is 0 Å². The Kier molecular flexibility index (Phi) is 4.44. The minimum atomic E-state index is 0.00900. The van der Waals surface area contributed by atoms with E-state index in [1.54, 1.807) is 11.3 Å². The molecule has 0 radical (unpaired) electrons. The zero-order chi connectivity index (χ0) is 17.2. The Morgan fingerprint density at radius 2 is 2.12 bits per heavy atom.